The summed E-state index contributed by atoms with van der Waals surface area (Å²) in [6.45, 7) is 0. The molecule has 0 atom stereocenters. The minimum atomic E-state index is 1.10. The third-order valence-electron chi connectivity index (χ3n) is 13.0. The number of benzene rings is 11. The van der Waals surface area contributed by atoms with E-state index in [0.29, 0.717) is 0 Å². The highest BCUT2D eigenvalue weighted by Gasteiger charge is 2.22. The second-order valence-electron chi connectivity index (χ2n) is 16.9. The average Bonchev–Trinajstić information content (AvgIpc) is 3.75. The summed E-state index contributed by atoms with van der Waals surface area (Å²) in [6, 6.07) is 96.7. The molecule has 1 aromatic heterocycles. The fourth-order valence-electron chi connectivity index (χ4n) is 9.90. The van der Waals surface area contributed by atoms with Crippen LogP contribution in [0.15, 0.2) is 267 Å². The van der Waals surface area contributed by atoms with Crippen LogP contribution in [0.5, 0.6) is 0 Å². The molecule has 0 saturated carbocycles. The standard InChI is InChI=1S/C64H44N2/c1-4-17-45(18-5-1)47-37-41-53(42-38-47)65(60-31-14-24-49-23-10-11-25-55(49)60)54-43-39-48(40-44-54)46-33-35-52(36-34-46)56-26-12-13-30-61(56)66-62-32-16-27-57(50-19-6-2-7-20-50)63(62)59-29-15-28-58(64(59)66)51-21-8-3-9-22-51/h1-44H. The van der Waals surface area contributed by atoms with Crippen LogP contribution in [0.1, 0.15) is 0 Å². The molecule has 310 valence electrons. The molecule has 0 spiro atoms. The smallest absolute Gasteiger partial charge is 0.0619 e. The summed E-state index contributed by atoms with van der Waals surface area (Å²) in [5.74, 6) is 0. The van der Waals surface area contributed by atoms with E-state index in [1.54, 1.807) is 0 Å². The summed E-state index contributed by atoms with van der Waals surface area (Å²) in [5.41, 5.74) is 18.8. The molecule has 0 aliphatic rings. The third kappa shape index (κ3) is 6.93. The van der Waals surface area contributed by atoms with E-state index >= 15 is 0 Å². The summed E-state index contributed by atoms with van der Waals surface area (Å²) in [4.78, 5) is 2.38. The zero-order valence-corrected chi connectivity index (χ0v) is 36.3. The van der Waals surface area contributed by atoms with E-state index in [0.717, 1.165) is 22.7 Å². The lowest BCUT2D eigenvalue weighted by Crippen LogP contribution is -2.10. The fraction of sp³-hybridized carbons (Fsp3) is 0. The molecule has 0 aliphatic carbocycles. The molecular weight excluding hydrogens is 797 g/mol. The first-order chi connectivity index (χ1) is 32.8. The predicted octanol–water partition coefficient (Wildman–Crippen LogP) is 17.7. The Morgan fingerprint density at radius 2 is 0.697 bits per heavy atom. The van der Waals surface area contributed by atoms with Gasteiger partial charge in [-0.25, -0.2) is 0 Å². The van der Waals surface area contributed by atoms with E-state index in [1.165, 1.54) is 88.2 Å². The van der Waals surface area contributed by atoms with Crippen molar-refractivity contribution >= 4 is 49.6 Å². The summed E-state index contributed by atoms with van der Waals surface area (Å²) in [6.07, 6.45) is 0. The number of para-hydroxylation sites is 2. The van der Waals surface area contributed by atoms with Gasteiger partial charge in [0, 0.05) is 38.7 Å². The van der Waals surface area contributed by atoms with Gasteiger partial charge in [0.1, 0.15) is 0 Å². The lowest BCUT2D eigenvalue weighted by Gasteiger charge is -2.27. The summed E-state index contributed by atoms with van der Waals surface area (Å²) < 4.78 is 2.50. The van der Waals surface area contributed by atoms with Crippen LogP contribution in [-0.4, -0.2) is 4.57 Å². The van der Waals surface area contributed by atoms with Crippen molar-refractivity contribution in [2.24, 2.45) is 0 Å². The van der Waals surface area contributed by atoms with Gasteiger partial charge in [-0.05, 0) is 92.4 Å². The lowest BCUT2D eigenvalue weighted by molar-refractivity contribution is 1.18. The molecule has 11 aromatic carbocycles. The Balaban J connectivity index is 0.936. The van der Waals surface area contributed by atoms with Crippen LogP contribution in [0.3, 0.4) is 0 Å². The van der Waals surface area contributed by atoms with Crippen LogP contribution in [0.25, 0.3) is 93.9 Å². The van der Waals surface area contributed by atoms with Crippen molar-refractivity contribution < 1.29 is 0 Å². The number of nitrogens with zero attached hydrogens (tertiary/aromatic N) is 2. The van der Waals surface area contributed by atoms with Crippen LogP contribution in [0.4, 0.5) is 17.1 Å². The summed E-state index contributed by atoms with van der Waals surface area (Å²) in [5, 5.41) is 4.92. The molecule has 0 N–H and O–H groups in total. The van der Waals surface area contributed by atoms with Crippen LogP contribution in [0.2, 0.25) is 0 Å². The Morgan fingerprint density at radius 3 is 1.36 bits per heavy atom. The number of rotatable bonds is 9. The number of fused-ring (bicyclic) bond motifs is 4. The monoisotopic (exact) mass is 840 g/mol. The highest BCUT2D eigenvalue weighted by atomic mass is 15.1. The Kier molecular flexibility index (Phi) is 9.89. The minimum Gasteiger partial charge on any atom is -0.310 e. The van der Waals surface area contributed by atoms with Crippen molar-refractivity contribution in [3.05, 3.63) is 267 Å². The molecular formula is C64H44N2. The predicted molar refractivity (Wildman–Crippen MR) is 280 cm³/mol. The molecule has 1 heterocycles. The van der Waals surface area contributed by atoms with Gasteiger partial charge in [0.2, 0.25) is 0 Å². The van der Waals surface area contributed by atoms with Crippen molar-refractivity contribution in [3.63, 3.8) is 0 Å². The maximum Gasteiger partial charge on any atom is 0.0619 e. The maximum atomic E-state index is 2.50. The van der Waals surface area contributed by atoms with Gasteiger partial charge >= 0.3 is 0 Å². The first-order valence-corrected chi connectivity index (χ1v) is 22.7. The van der Waals surface area contributed by atoms with Gasteiger partial charge in [0.25, 0.3) is 0 Å². The van der Waals surface area contributed by atoms with Crippen LogP contribution in [-0.2, 0) is 0 Å². The average molecular weight is 841 g/mol. The number of hydrogen-bond acceptors (Lipinski definition) is 1. The molecule has 12 aromatic rings. The Hall–Kier alpha value is -8.72. The maximum absolute atomic E-state index is 2.50. The summed E-state index contributed by atoms with van der Waals surface area (Å²) >= 11 is 0. The van der Waals surface area contributed by atoms with E-state index in [-0.39, 0.29) is 0 Å². The molecule has 0 bridgehead atoms. The summed E-state index contributed by atoms with van der Waals surface area (Å²) in [7, 11) is 0. The first kappa shape index (κ1) is 38.9. The molecule has 12 rings (SSSR count). The van der Waals surface area contributed by atoms with Crippen molar-refractivity contribution in [2.45, 2.75) is 0 Å². The molecule has 0 aliphatic heterocycles. The fourth-order valence-corrected chi connectivity index (χ4v) is 9.90. The van der Waals surface area contributed by atoms with Gasteiger partial charge in [-0.2, -0.15) is 0 Å². The first-order valence-electron chi connectivity index (χ1n) is 22.7. The highest BCUT2D eigenvalue weighted by Crippen LogP contribution is 2.45. The van der Waals surface area contributed by atoms with Crippen LogP contribution < -0.4 is 4.90 Å². The molecule has 2 nitrogen and oxygen atoms in total. The topological polar surface area (TPSA) is 8.17 Å². The number of hydrogen-bond donors (Lipinski definition) is 0. The highest BCUT2D eigenvalue weighted by molar-refractivity contribution is 6.19. The second kappa shape index (κ2) is 16.8. The third-order valence-corrected chi connectivity index (χ3v) is 13.0. The van der Waals surface area contributed by atoms with Crippen molar-refractivity contribution in [2.75, 3.05) is 4.90 Å². The van der Waals surface area contributed by atoms with Gasteiger partial charge in [-0.3, -0.25) is 0 Å². The lowest BCUT2D eigenvalue weighted by atomic mass is 9.97. The largest absolute Gasteiger partial charge is 0.310 e. The minimum absolute atomic E-state index is 1.10. The Bertz CT molecular complexity index is 3640. The molecule has 0 amide bonds. The van der Waals surface area contributed by atoms with Gasteiger partial charge in [-0.1, -0.05) is 224 Å². The zero-order chi connectivity index (χ0) is 43.8. The van der Waals surface area contributed by atoms with E-state index in [9.17, 15) is 0 Å². The van der Waals surface area contributed by atoms with Crippen molar-refractivity contribution in [1.82, 2.24) is 4.57 Å². The molecule has 0 unspecified atom stereocenters. The van der Waals surface area contributed by atoms with Crippen molar-refractivity contribution in [3.8, 4) is 61.3 Å². The Labute approximate surface area is 385 Å². The van der Waals surface area contributed by atoms with Gasteiger partial charge in [0.05, 0.1) is 22.4 Å². The van der Waals surface area contributed by atoms with Gasteiger partial charge in [-0.15, -0.1) is 0 Å². The number of anilines is 3. The molecule has 0 fully saturated rings. The normalized spacial score (nSPS) is 11.3. The quantitative estimate of drug-likeness (QED) is 0.141. The van der Waals surface area contributed by atoms with Gasteiger partial charge < -0.3 is 9.47 Å². The van der Waals surface area contributed by atoms with E-state index in [4.69, 9.17) is 0 Å². The molecule has 2 heteroatoms. The SMILES string of the molecule is c1ccc(-c2ccc(N(c3ccc(-c4ccc(-c5ccccc5-n5c6cccc(-c7ccccc7)c6c6cccc(-c7ccccc7)c65)cc4)cc3)c3cccc4ccccc34)cc2)cc1. The van der Waals surface area contributed by atoms with E-state index in [1.807, 2.05) is 0 Å². The Morgan fingerprint density at radius 1 is 0.273 bits per heavy atom. The molecule has 0 radical (unpaired) electrons. The van der Waals surface area contributed by atoms with Crippen LogP contribution >= 0.6 is 0 Å². The molecule has 66 heavy (non-hydrogen) atoms. The van der Waals surface area contributed by atoms with Crippen molar-refractivity contribution in [1.29, 1.82) is 0 Å². The molecule has 0 saturated heterocycles. The van der Waals surface area contributed by atoms with Gasteiger partial charge in [0.15, 0.2) is 0 Å². The number of aromatic nitrogens is 1. The van der Waals surface area contributed by atoms with E-state index in [2.05, 4.69) is 276 Å². The second-order valence-corrected chi connectivity index (χ2v) is 16.9. The van der Waals surface area contributed by atoms with Crippen LogP contribution in [0, 0.1) is 0 Å². The zero-order valence-electron chi connectivity index (χ0n) is 36.3. The van der Waals surface area contributed by atoms with E-state index < -0.39 is 0 Å².